The summed E-state index contributed by atoms with van der Waals surface area (Å²) < 4.78 is 13.7. The van der Waals surface area contributed by atoms with Gasteiger partial charge >= 0.3 is 0 Å². The van der Waals surface area contributed by atoms with Gasteiger partial charge in [-0.25, -0.2) is 4.39 Å². The van der Waals surface area contributed by atoms with Gasteiger partial charge in [-0.15, -0.1) is 11.3 Å². The molecule has 0 amide bonds. The molecule has 104 valence electrons. The molecule has 0 aliphatic carbocycles. The molecule has 1 aromatic carbocycles. The second kappa shape index (κ2) is 7.18. The fourth-order valence-corrected chi connectivity index (χ4v) is 2.97. The lowest BCUT2D eigenvalue weighted by atomic mass is 10.1. The number of hydrogen-bond donors (Lipinski definition) is 1. The molecule has 0 aliphatic rings. The molecule has 1 N–H and O–H groups in total. The van der Waals surface area contributed by atoms with E-state index in [0.717, 1.165) is 12.8 Å². The molecule has 1 heterocycles. The molecule has 2 nitrogen and oxygen atoms in total. The molecule has 2 aromatic rings. The van der Waals surface area contributed by atoms with E-state index in [9.17, 15) is 4.39 Å². The van der Waals surface area contributed by atoms with Crippen LogP contribution in [0, 0.1) is 17.1 Å². The number of nitriles is 1. The molecule has 0 bridgehead atoms. The standard InChI is InChI=1S/C16H17FN2S/c1-2-4-15(16-5-3-8-20-16)19-11-13-9-12(10-18)6-7-14(13)17/h3,5-9,15,19H,2,4,11H2,1H3. The van der Waals surface area contributed by atoms with E-state index >= 15 is 0 Å². The maximum Gasteiger partial charge on any atom is 0.127 e. The normalized spacial score (nSPS) is 12.1. The molecule has 0 saturated carbocycles. The second-order valence-corrected chi connectivity index (χ2v) is 5.63. The summed E-state index contributed by atoms with van der Waals surface area (Å²) in [4.78, 5) is 1.27. The van der Waals surface area contributed by atoms with Crippen molar-refractivity contribution in [1.29, 1.82) is 5.26 Å². The highest BCUT2D eigenvalue weighted by molar-refractivity contribution is 7.10. The first-order valence-corrected chi connectivity index (χ1v) is 7.58. The molecular formula is C16H17FN2S. The minimum atomic E-state index is -0.266. The van der Waals surface area contributed by atoms with Crippen molar-refractivity contribution in [3.8, 4) is 6.07 Å². The van der Waals surface area contributed by atoms with Gasteiger partial charge in [0, 0.05) is 23.0 Å². The van der Waals surface area contributed by atoms with E-state index in [1.165, 1.54) is 17.0 Å². The van der Waals surface area contributed by atoms with Crippen LogP contribution in [0.2, 0.25) is 0 Å². The van der Waals surface area contributed by atoms with E-state index in [4.69, 9.17) is 5.26 Å². The van der Waals surface area contributed by atoms with Crippen LogP contribution >= 0.6 is 11.3 Å². The molecule has 0 fully saturated rings. The summed E-state index contributed by atoms with van der Waals surface area (Å²) in [6.45, 7) is 2.57. The lowest BCUT2D eigenvalue weighted by molar-refractivity contribution is 0.489. The minimum absolute atomic E-state index is 0.241. The summed E-state index contributed by atoms with van der Waals surface area (Å²) in [5, 5.41) is 14.3. The van der Waals surface area contributed by atoms with Gasteiger partial charge in [-0.2, -0.15) is 5.26 Å². The number of hydrogen-bond acceptors (Lipinski definition) is 3. The zero-order valence-electron chi connectivity index (χ0n) is 11.4. The zero-order chi connectivity index (χ0) is 14.4. The topological polar surface area (TPSA) is 35.8 Å². The largest absolute Gasteiger partial charge is 0.305 e. The number of nitrogens with zero attached hydrogens (tertiary/aromatic N) is 1. The van der Waals surface area contributed by atoms with Crippen LogP contribution < -0.4 is 5.32 Å². The van der Waals surface area contributed by atoms with Crippen LogP contribution in [-0.2, 0) is 6.54 Å². The summed E-state index contributed by atoms with van der Waals surface area (Å²) >= 11 is 1.71. The fraction of sp³-hybridized carbons (Fsp3) is 0.312. The first-order chi connectivity index (χ1) is 9.74. The molecule has 20 heavy (non-hydrogen) atoms. The molecule has 1 atom stereocenters. The first-order valence-electron chi connectivity index (χ1n) is 6.70. The van der Waals surface area contributed by atoms with Gasteiger partial charge in [0.1, 0.15) is 5.82 Å². The maximum atomic E-state index is 13.7. The van der Waals surface area contributed by atoms with Crippen LogP contribution in [0.3, 0.4) is 0 Å². The summed E-state index contributed by atoms with van der Waals surface area (Å²) in [7, 11) is 0. The molecule has 1 unspecified atom stereocenters. The van der Waals surface area contributed by atoms with E-state index in [1.54, 1.807) is 17.4 Å². The number of nitrogens with one attached hydrogen (secondary N) is 1. The molecule has 0 spiro atoms. The van der Waals surface area contributed by atoms with Crippen molar-refractivity contribution < 1.29 is 4.39 Å². The number of benzene rings is 1. The maximum absolute atomic E-state index is 13.7. The number of rotatable bonds is 6. The molecule has 2 rings (SSSR count). The average molecular weight is 288 g/mol. The van der Waals surface area contributed by atoms with E-state index in [1.807, 2.05) is 12.1 Å². The van der Waals surface area contributed by atoms with E-state index < -0.39 is 0 Å². The van der Waals surface area contributed by atoms with Gasteiger partial charge in [0.2, 0.25) is 0 Å². The third kappa shape index (κ3) is 3.66. The Balaban J connectivity index is 2.08. The molecule has 0 radical (unpaired) electrons. The summed E-state index contributed by atoms with van der Waals surface area (Å²) in [6.07, 6.45) is 2.08. The third-order valence-corrected chi connectivity index (χ3v) is 4.16. The van der Waals surface area contributed by atoms with Crippen LogP contribution in [0.5, 0.6) is 0 Å². The smallest absolute Gasteiger partial charge is 0.127 e. The highest BCUT2D eigenvalue weighted by Gasteiger charge is 2.12. The minimum Gasteiger partial charge on any atom is -0.305 e. The first kappa shape index (κ1) is 14.7. The van der Waals surface area contributed by atoms with E-state index in [2.05, 4.69) is 23.7 Å². The molecular weight excluding hydrogens is 271 g/mol. The highest BCUT2D eigenvalue weighted by atomic mass is 32.1. The van der Waals surface area contributed by atoms with Crippen molar-refractivity contribution >= 4 is 11.3 Å². The third-order valence-electron chi connectivity index (χ3n) is 3.18. The lowest BCUT2D eigenvalue weighted by Crippen LogP contribution is -2.20. The molecule has 0 saturated heterocycles. The van der Waals surface area contributed by atoms with E-state index in [-0.39, 0.29) is 11.9 Å². The Bertz CT molecular complexity index is 587. The lowest BCUT2D eigenvalue weighted by Gasteiger charge is -2.17. The summed E-state index contributed by atoms with van der Waals surface area (Å²) in [6, 6.07) is 10.9. The van der Waals surface area contributed by atoms with Gasteiger partial charge in [0.15, 0.2) is 0 Å². The quantitative estimate of drug-likeness (QED) is 0.855. The monoisotopic (exact) mass is 288 g/mol. The van der Waals surface area contributed by atoms with Crippen molar-refractivity contribution in [1.82, 2.24) is 5.32 Å². The van der Waals surface area contributed by atoms with Crippen molar-refractivity contribution in [2.24, 2.45) is 0 Å². The molecule has 1 aromatic heterocycles. The fourth-order valence-electron chi connectivity index (χ4n) is 2.14. The zero-order valence-corrected chi connectivity index (χ0v) is 12.2. The average Bonchev–Trinajstić information content (AvgIpc) is 2.99. The molecule has 4 heteroatoms. The van der Waals surface area contributed by atoms with Crippen molar-refractivity contribution in [3.63, 3.8) is 0 Å². The molecule has 0 aliphatic heterocycles. The van der Waals surface area contributed by atoms with Gasteiger partial charge in [-0.3, -0.25) is 0 Å². The Morgan fingerprint density at radius 1 is 1.40 bits per heavy atom. The van der Waals surface area contributed by atoms with Gasteiger partial charge in [-0.05, 0) is 36.1 Å². The van der Waals surface area contributed by atoms with Gasteiger partial charge in [0.25, 0.3) is 0 Å². The van der Waals surface area contributed by atoms with Crippen LogP contribution in [-0.4, -0.2) is 0 Å². The Hall–Kier alpha value is -1.70. The number of thiophene rings is 1. The summed E-state index contributed by atoms with van der Waals surface area (Å²) in [5.74, 6) is -0.266. The van der Waals surface area contributed by atoms with Crippen LogP contribution in [0.25, 0.3) is 0 Å². The van der Waals surface area contributed by atoms with E-state index in [0.29, 0.717) is 17.7 Å². The Labute approximate surface area is 122 Å². The van der Waals surface area contributed by atoms with Crippen molar-refractivity contribution in [2.45, 2.75) is 32.4 Å². The Morgan fingerprint density at radius 3 is 2.90 bits per heavy atom. The van der Waals surface area contributed by atoms with Gasteiger partial charge in [0.05, 0.1) is 11.6 Å². The van der Waals surface area contributed by atoms with Crippen LogP contribution in [0.1, 0.15) is 41.8 Å². The highest BCUT2D eigenvalue weighted by Crippen LogP contribution is 2.24. The predicted molar refractivity (Wildman–Crippen MR) is 79.9 cm³/mol. The summed E-state index contributed by atoms with van der Waals surface area (Å²) in [5.41, 5.74) is 1.04. The van der Waals surface area contributed by atoms with Crippen LogP contribution in [0.4, 0.5) is 4.39 Å². The van der Waals surface area contributed by atoms with Crippen molar-refractivity contribution in [2.75, 3.05) is 0 Å². The predicted octanol–water partition coefficient (Wildman–Crippen LogP) is 4.39. The van der Waals surface area contributed by atoms with Crippen molar-refractivity contribution in [3.05, 3.63) is 57.5 Å². The Kier molecular flexibility index (Phi) is 5.28. The Morgan fingerprint density at radius 2 is 2.25 bits per heavy atom. The number of halogens is 1. The van der Waals surface area contributed by atoms with Gasteiger partial charge in [-0.1, -0.05) is 19.4 Å². The SMILES string of the molecule is CCCC(NCc1cc(C#N)ccc1F)c1cccs1. The second-order valence-electron chi connectivity index (χ2n) is 4.66. The van der Waals surface area contributed by atoms with Crippen LogP contribution in [0.15, 0.2) is 35.7 Å². The van der Waals surface area contributed by atoms with Gasteiger partial charge < -0.3 is 5.32 Å².